The molecule has 0 saturated heterocycles. The van der Waals surface area contributed by atoms with Gasteiger partial charge in [-0.05, 0) is 17.2 Å². The molecule has 1 heterocycles. The number of carbonyl (C=O) groups excluding carboxylic acids is 1. The van der Waals surface area contributed by atoms with Gasteiger partial charge in [-0.15, -0.1) is 0 Å². The highest BCUT2D eigenvalue weighted by Crippen LogP contribution is 2.29. The van der Waals surface area contributed by atoms with Gasteiger partial charge < -0.3 is 5.11 Å². The van der Waals surface area contributed by atoms with Gasteiger partial charge in [0.25, 0.3) is 5.91 Å². The zero-order valence-corrected chi connectivity index (χ0v) is 13.4. The molecule has 0 bridgehead atoms. The van der Waals surface area contributed by atoms with E-state index in [9.17, 15) is 9.90 Å². The predicted octanol–water partition coefficient (Wildman–Crippen LogP) is 2.47. The number of hydrogen-bond donors (Lipinski definition) is 2. The number of pyridine rings is 1. The quantitative estimate of drug-likeness (QED) is 0.557. The third-order valence-corrected chi connectivity index (χ3v) is 3.78. The van der Waals surface area contributed by atoms with E-state index in [1.807, 2.05) is 18.2 Å². The molecule has 5 nitrogen and oxygen atoms in total. The summed E-state index contributed by atoms with van der Waals surface area (Å²) in [5.74, 6) is -0.634. The first-order chi connectivity index (χ1) is 12.2. The number of carbonyl (C=O) groups is 1. The number of aliphatic hydroxyl groups is 1. The molecule has 3 aromatic rings. The zero-order chi connectivity index (χ0) is 17.5. The first-order valence-electron chi connectivity index (χ1n) is 7.78. The first-order valence-corrected chi connectivity index (χ1v) is 7.78. The summed E-state index contributed by atoms with van der Waals surface area (Å²) in [6.45, 7) is 0. The summed E-state index contributed by atoms with van der Waals surface area (Å²) in [4.78, 5) is 16.7. The van der Waals surface area contributed by atoms with Gasteiger partial charge in [0.2, 0.25) is 0 Å². The number of hydrazone groups is 1. The fraction of sp³-hybridized carbons (Fsp3) is 0.0500. The maximum atomic E-state index is 12.8. The molecule has 1 aromatic heterocycles. The van der Waals surface area contributed by atoms with Gasteiger partial charge in [-0.1, -0.05) is 66.7 Å². The fourth-order valence-electron chi connectivity index (χ4n) is 2.49. The lowest BCUT2D eigenvalue weighted by atomic mass is 9.85. The molecule has 0 fully saturated rings. The van der Waals surface area contributed by atoms with E-state index in [1.54, 1.807) is 67.0 Å². The van der Waals surface area contributed by atoms with Crippen molar-refractivity contribution in [3.8, 4) is 0 Å². The van der Waals surface area contributed by atoms with E-state index in [-0.39, 0.29) is 0 Å². The van der Waals surface area contributed by atoms with E-state index in [1.165, 1.54) is 6.21 Å². The van der Waals surface area contributed by atoms with E-state index in [0.29, 0.717) is 11.1 Å². The van der Waals surface area contributed by atoms with Gasteiger partial charge in [0.15, 0.2) is 5.60 Å². The van der Waals surface area contributed by atoms with Gasteiger partial charge in [-0.25, -0.2) is 5.43 Å². The summed E-state index contributed by atoms with van der Waals surface area (Å²) in [5, 5.41) is 15.2. The smallest absolute Gasteiger partial charge is 0.281 e. The maximum absolute atomic E-state index is 12.8. The number of rotatable bonds is 5. The molecule has 0 radical (unpaired) electrons. The summed E-state index contributed by atoms with van der Waals surface area (Å²) in [6.07, 6.45) is 4.75. The topological polar surface area (TPSA) is 74.6 Å². The summed E-state index contributed by atoms with van der Waals surface area (Å²) >= 11 is 0. The molecule has 0 unspecified atom stereocenters. The SMILES string of the molecule is O=C(N/N=C\c1cccnc1)C(O)(c1ccccc1)c1ccccc1. The minimum Gasteiger partial charge on any atom is -0.372 e. The zero-order valence-electron chi connectivity index (χ0n) is 13.4. The Morgan fingerprint density at radius 2 is 1.56 bits per heavy atom. The van der Waals surface area contributed by atoms with Gasteiger partial charge in [0, 0.05) is 18.0 Å². The lowest BCUT2D eigenvalue weighted by Crippen LogP contribution is -2.43. The van der Waals surface area contributed by atoms with Gasteiger partial charge in [-0.2, -0.15) is 5.10 Å². The highest BCUT2D eigenvalue weighted by atomic mass is 16.3. The average Bonchev–Trinajstić information content (AvgIpc) is 2.69. The number of amides is 1. The van der Waals surface area contributed by atoms with Crippen LogP contribution in [0.2, 0.25) is 0 Å². The number of aromatic nitrogens is 1. The van der Waals surface area contributed by atoms with Crippen LogP contribution in [-0.4, -0.2) is 22.2 Å². The Hall–Kier alpha value is -3.31. The molecule has 0 saturated carbocycles. The lowest BCUT2D eigenvalue weighted by Gasteiger charge is -2.27. The van der Waals surface area contributed by atoms with Crippen molar-refractivity contribution in [2.24, 2.45) is 5.10 Å². The van der Waals surface area contributed by atoms with Crippen LogP contribution < -0.4 is 5.43 Å². The van der Waals surface area contributed by atoms with Crippen LogP contribution in [-0.2, 0) is 10.4 Å². The average molecular weight is 331 g/mol. The van der Waals surface area contributed by atoms with E-state index in [2.05, 4.69) is 15.5 Å². The fourth-order valence-corrected chi connectivity index (χ4v) is 2.49. The summed E-state index contributed by atoms with van der Waals surface area (Å²) < 4.78 is 0. The molecular formula is C20H17N3O2. The Morgan fingerprint density at radius 1 is 0.960 bits per heavy atom. The standard InChI is InChI=1S/C20H17N3O2/c24-19(23-22-15-16-8-7-13-21-14-16)20(25,17-9-3-1-4-10-17)18-11-5-2-6-12-18/h1-15,25H,(H,23,24)/b22-15-. The minimum atomic E-state index is -1.84. The highest BCUT2D eigenvalue weighted by Gasteiger charge is 2.39. The van der Waals surface area contributed by atoms with Gasteiger partial charge in [0.1, 0.15) is 0 Å². The van der Waals surface area contributed by atoms with Crippen LogP contribution in [0, 0.1) is 0 Å². The molecule has 0 aliphatic carbocycles. The van der Waals surface area contributed by atoms with E-state index in [0.717, 1.165) is 5.56 Å². The molecule has 25 heavy (non-hydrogen) atoms. The molecule has 3 rings (SSSR count). The molecule has 1 amide bonds. The van der Waals surface area contributed by atoms with Crippen molar-refractivity contribution in [1.29, 1.82) is 0 Å². The molecule has 2 N–H and O–H groups in total. The van der Waals surface area contributed by atoms with E-state index in [4.69, 9.17) is 0 Å². The molecular weight excluding hydrogens is 314 g/mol. The van der Waals surface area contributed by atoms with Gasteiger partial charge in [-0.3, -0.25) is 9.78 Å². The largest absolute Gasteiger partial charge is 0.372 e. The van der Waals surface area contributed by atoms with Crippen molar-refractivity contribution in [3.63, 3.8) is 0 Å². The monoisotopic (exact) mass is 331 g/mol. The Balaban J connectivity index is 1.90. The van der Waals surface area contributed by atoms with Crippen molar-refractivity contribution in [3.05, 3.63) is 102 Å². The number of hydrogen-bond acceptors (Lipinski definition) is 4. The van der Waals surface area contributed by atoms with E-state index >= 15 is 0 Å². The van der Waals surface area contributed by atoms with Crippen LogP contribution in [0.1, 0.15) is 16.7 Å². The van der Waals surface area contributed by atoms with Crippen LogP contribution >= 0.6 is 0 Å². The van der Waals surface area contributed by atoms with Crippen LogP contribution in [0.3, 0.4) is 0 Å². The Bertz CT molecular complexity index is 810. The lowest BCUT2D eigenvalue weighted by molar-refractivity contribution is -0.136. The molecule has 2 aromatic carbocycles. The third-order valence-electron chi connectivity index (χ3n) is 3.78. The number of nitrogens with one attached hydrogen (secondary N) is 1. The second-order valence-electron chi connectivity index (χ2n) is 5.43. The predicted molar refractivity (Wildman–Crippen MR) is 95.9 cm³/mol. The van der Waals surface area contributed by atoms with Crippen LogP contribution in [0.15, 0.2) is 90.3 Å². The molecule has 0 atom stereocenters. The van der Waals surface area contributed by atoms with Crippen LogP contribution in [0.5, 0.6) is 0 Å². The molecule has 5 heteroatoms. The normalized spacial score (nSPS) is 11.4. The van der Waals surface area contributed by atoms with E-state index < -0.39 is 11.5 Å². The third kappa shape index (κ3) is 3.62. The second-order valence-corrected chi connectivity index (χ2v) is 5.43. The molecule has 0 spiro atoms. The molecule has 124 valence electrons. The maximum Gasteiger partial charge on any atom is 0.281 e. The Kier molecular flexibility index (Phi) is 4.97. The Morgan fingerprint density at radius 3 is 2.08 bits per heavy atom. The number of nitrogens with zero attached hydrogens (tertiary/aromatic N) is 2. The van der Waals surface area contributed by atoms with Crippen LogP contribution in [0.4, 0.5) is 0 Å². The van der Waals surface area contributed by atoms with Crippen molar-refractivity contribution < 1.29 is 9.90 Å². The highest BCUT2D eigenvalue weighted by molar-refractivity contribution is 5.91. The summed E-state index contributed by atoms with van der Waals surface area (Å²) in [5.41, 5.74) is 2.26. The summed E-state index contributed by atoms with van der Waals surface area (Å²) in [6, 6.07) is 21.1. The van der Waals surface area contributed by atoms with Crippen molar-refractivity contribution >= 4 is 12.1 Å². The van der Waals surface area contributed by atoms with Crippen molar-refractivity contribution in [2.45, 2.75) is 5.60 Å². The minimum absolute atomic E-state index is 0.468. The number of benzene rings is 2. The van der Waals surface area contributed by atoms with Crippen LogP contribution in [0.25, 0.3) is 0 Å². The molecule has 0 aliphatic rings. The Labute approximate surface area is 145 Å². The van der Waals surface area contributed by atoms with Gasteiger partial charge >= 0.3 is 0 Å². The van der Waals surface area contributed by atoms with Gasteiger partial charge in [0.05, 0.1) is 6.21 Å². The second kappa shape index (κ2) is 7.51. The first kappa shape index (κ1) is 16.5. The van der Waals surface area contributed by atoms with Crippen molar-refractivity contribution in [2.75, 3.05) is 0 Å². The molecule has 0 aliphatic heterocycles. The summed E-state index contributed by atoms with van der Waals surface area (Å²) in [7, 11) is 0. The van der Waals surface area contributed by atoms with Crippen molar-refractivity contribution in [1.82, 2.24) is 10.4 Å².